The number of anilines is 1. The smallest absolute Gasteiger partial charge is 0.254 e. The average Bonchev–Trinajstić information content (AvgIpc) is 3.04. The molecule has 1 fully saturated rings. The number of aryl methyl sites for hydroxylation is 1. The Balaban J connectivity index is 0.00000100. The zero-order valence-corrected chi connectivity index (χ0v) is 16.8. The normalized spacial score (nSPS) is 20.3. The van der Waals surface area contributed by atoms with Crippen molar-refractivity contribution in [3.63, 3.8) is 0 Å². The van der Waals surface area contributed by atoms with Gasteiger partial charge in [-0.3, -0.25) is 0 Å². The number of ether oxygens (including phenoxy) is 1. The van der Waals surface area contributed by atoms with Crippen molar-refractivity contribution in [1.82, 2.24) is 9.97 Å². The van der Waals surface area contributed by atoms with E-state index in [1.54, 1.807) is 7.11 Å². The van der Waals surface area contributed by atoms with Gasteiger partial charge in [-0.1, -0.05) is 20.8 Å². The molecule has 0 amide bonds. The van der Waals surface area contributed by atoms with E-state index in [1.807, 2.05) is 13.8 Å². The molecule has 2 aliphatic rings. The Labute approximate surface area is 153 Å². The van der Waals surface area contributed by atoms with E-state index in [2.05, 4.69) is 21.8 Å². The maximum atomic E-state index is 6.19. The predicted octanol–water partition coefficient (Wildman–Crippen LogP) is 3.65. The molecule has 136 valence electrons. The van der Waals surface area contributed by atoms with E-state index in [1.165, 1.54) is 4.90 Å². The minimum Gasteiger partial charge on any atom is -0.381 e. The van der Waals surface area contributed by atoms with E-state index in [0.717, 1.165) is 62.7 Å². The van der Waals surface area contributed by atoms with Crippen molar-refractivity contribution < 1.29 is 8.92 Å². The van der Waals surface area contributed by atoms with Gasteiger partial charge in [0.15, 0.2) is 22.7 Å². The molecule has 1 aromatic heterocycles. The first kappa shape index (κ1) is 19.8. The summed E-state index contributed by atoms with van der Waals surface area (Å²) in [5, 5.41) is 0.350. The lowest BCUT2D eigenvalue weighted by atomic mass is 10.1. The van der Waals surface area contributed by atoms with E-state index in [9.17, 15) is 0 Å². The van der Waals surface area contributed by atoms with E-state index < -0.39 is 0 Å². The maximum absolute atomic E-state index is 6.19. The number of fused-ring (bicyclic) bond motifs is 1. The summed E-state index contributed by atoms with van der Waals surface area (Å²) >= 11 is 5.98. The average molecular weight is 375 g/mol. The van der Waals surface area contributed by atoms with Crippen molar-refractivity contribution in [2.45, 2.75) is 57.4 Å². The van der Waals surface area contributed by atoms with Gasteiger partial charge in [0.1, 0.15) is 5.69 Å². The third-order valence-electron chi connectivity index (χ3n) is 4.21. The molecule has 0 saturated carbocycles. The number of hydrogen-bond acceptors (Lipinski definition) is 5. The van der Waals surface area contributed by atoms with Gasteiger partial charge in [-0.2, -0.15) is 9.17 Å². The van der Waals surface area contributed by atoms with Crippen LogP contribution in [0, 0.1) is 0 Å². The number of halogens is 1. The van der Waals surface area contributed by atoms with Crippen LogP contribution in [0.25, 0.3) is 0 Å². The van der Waals surface area contributed by atoms with Gasteiger partial charge in [-0.25, -0.2) is 4.98 Å². The summed E-state index contributed by atoms with van der Waals surface area (Å²) in [6.07, 6.45) is 4.08. The summed E-state index contributed by atoms with van der Waals surface area (Å²) < 4.78 is 11.2. The number of aromatic nitrogens is 2. The summed E-state index contributed by atoms with van der Waals surface area (Å²) in [6, 6.07) is 0.465. The number of rotatable bonds is 5. The summed E-state index contributed by atoms with van der Waals surface area (Å²) in [5.41, 5.74) is 1.06. The van der Waals surface area contributed by atoms with Crippen molar-refractivity contribution in [2.24, 2.45) is 0 Å². The van der Waals surface area contributed by atoms with Crippen LogP contribution in [0.2, 0.25) is 5.28 Å². The molecule has 0 radical (unpaired) electrons. The first-order valence-corrected chi connectivity index (χ1v) is 10.6. The van der Waals surface area contributed by atoms with Crippen molar-refractivity contribution in [2.75, 3.05) is 37.5 Å². The first-order valence-electron chi connectivity index (χ1n) is 8.90. The number of nitrogens with zero attached hydrogens (tertiary/aromatic N) is 3. The quantitative estimate of drug-likeness (QED) is 0.581. The molecule has 1 saturated heterocycles. The summed E-state index contributed by atoms with van der Waals surface area (Å²) in [6.45, 7) is 8.82. The fourth-order valence-corrected chi connectivity index (χ4v) is 5.08. The van der Waals surface area contributed by atoms with Crippen LogP contribution < -0.4 is 4.90 Å². The van der Waals surface area contributed by atoms with Crippen LogP contribution in [-0.4, -0.2) is 48.6 Å². The lowest BCUT2D eigenvalue weighted by Gasteiger charge is -2.35. The van der Waals surface area contributed by atoms with Crippen LogP contribution in [0.15, 0.2) is 4.90 Å². The van der Waals surface area contributed by atoms with Gasteiger partial charge in [0.25, 0.3) is 4.90 Å². The first-order chi connectivity index (χ1) is 11.7. The lowest BCUT2D eigenvalue weighted by molar-refractivity contribution is 0.0841. The molecule has 1 unspecified atom stereocenters. The Kier molecular flexibility index (Phi) is 8.07. The molecule has 24 heavy (non-hydrogen) atoms. The van der Waals surface area contributed by atoms with Gasteiger partial charge in [0.2, 0.25) is 5.28 Å². The van der Waals surface area contributed by atoms with Gasteiger partial charge in [0.05, 0.1) is 7.11 Å². The van der Waals surface area contributed by atoms with Crippen LogP contribution in [0.3, 0.4) is 0 Å². The minimum atomic E-state index is -0.214. The van der Waals surface area contributed by atoms with Gasteiger partial charge in [-0.05, 0) is 30.9 Å². The van der Waals surface area contributed by atoms with Gasteiger partial charge < -0.3 is 9.64 Å². The van der Waals surface area contributed by atoms with Gasteiger partial charge in [0, 0.05) is 32.2 Å². The Morgan fingerprint density at radius 3 is 2.62 bits per heavy atom. The Hall–Kier alpha value is -0.560. The fourth-order valence-electron chi connectivity index (χ4n) is 3.21. The molecule has 1 aromatic rings. The zero-order valence-electron chi connectivity index (χ0n) is 15.2. The highest BCUT2D eigenvalue weighted by Gasteiger charge is 2.42. The molecular weight excluding hydrogens is 346 g/mol. The SMILES string of the molecule is CC.CCCN(c1nc(Cl)nc2c1[S+](OC)CC2)C1CCOCC1. The van der Waals surface area contributed by atoms with Crippen molar-refractivity contribution in [1.29, 1.82) is 0 Å². The molecule has 0 spiro atoms. The maximum Gasteiger partial charge on any atom is 0.254 e. The van der Waals surface area contributed by atoms with Crippen molar-refractivity contribution in [3.8, 4) is 0 Å². The second kappa shape index (κ2) is 9.80. The zero-order chi connectivity index (χ0) is 17.5. The molecular formula is C17H29ClN3O2S+. The Bertz CT molecular complexity index is 527. The molecule has 0 bridgehead atoms. The van der Waals surface area contributed by atoms with E-state index in [-0.39, 0.29) is 11.2 Å². The molecule has 5 nitrogen and oxygen atoms in total. The largest absolute Gasteiger partial charge is 0.381 e. The molecule has 0 aliphatic carbocycles. The van der Waals surface area contributed by atoms with Crippen LogP contribution >= 0.6 is 11.6 Å². The number of hydrogen-bond donors (Lipinski definition) is 0. The molecule has 1 atom stereocenters. The highest BCUT2D eigenvalue weighted by Crippen LogP contribution is 2.37. The summed E-state index contributed by atoms with van der Waals surface area (Å²) in [4.78, 5) is 12.6. The third-order valence-corrected chi connectivity index (χ3v) is 6.23. The Morgan fingerprint density at radius 1 is 1.29 bits per heavy atom. The highest BCUT2D eigenvalue weighted by molar-refractivity contribution is 7.92. The van der Waals surface area contributed by atoms with E-state index in [0.29, 0.717) is 11.3 Å². The van der Waals surface area contributed by atoms with Gasteiger partial charge >= 0.3 is 0 Å². The molecule has 0 N–H and O–H groups in total. The van der Waals surface area contributed by atoms with Crippen LogP contribution in [0.4, 0.5) is 5.82 Å². The fraction of sp³-hybridized carbons (Fsp3) is 0.765. The highest BCUT2D eigenvalue weighted by atomic mass is 35.5. The van der Waals surface area contributed by atoms with Crippen LogP contribution in [-0.2, 0) is 26.5 Å². The summed E-state index contributed by atoms with van der Waals surface area (Å²) in [7, 11) is 1.77. The van der Waals surface area contributed by atoms with Crippen LogP contribution in [0.1, 0.15) is 45.7 Å². The third kappa shape index (κ3) is 4.34. The topological polar surface area (TPSA) is 47.5 Å². The molecule has 7 heteroatoms. The second-order valence-electron chi connectivity index (χ2n) is 5.60. The second-order valence-corrected chi connectivity index (χ2v) is 7.77. The van der Waals surface area contributed by atoms with Gasteiger partial charge in [-0.15, -0.1) is 0 Å². The van der Waals surface area contributed by atoms with Crippen molar-refractivity contribution in [3.05, 3.63) is 11.0 Å². The standard InChI is InChI=1S/C15H23ClN3O2S.C2H6/c1-3-7-19(11-4-8-21-9-5-11)14-13-12(17-15(16)18-14)6-10-22(13)20-2;1-2/h11H,3-10H2,1-2H3;1-2H3/q+1;. The minimum absolute atomic E-state index is 0.214. The molecule has 0 aromatic carbocycles. The summed E-state index contributed by atoms with van der Waals surface area (Å²) in [5.74, 6) is 1.98. The molecule has 3 heterocycles. The van der Waals surface area contributed by atoms with Crippen molar-refractivity contribution >= 4 is 28.6 Å². The lowest BCUT2D eigenvalue weighted by Crippen LogP contribution is -2.41. The monoisotopic (exact) mass is 374 g/mol. The molecule has 3 rings (SSSR count). The van der Waals surface area contributed by atoms with E-state index >= 15 is 0 Å². The van der Waals surface area contributed by atoms with E-state index in [4.69, 9.17) is 20.5 Å². The van der Waals surface area contributed by atoms with Crippen LogP contribution in [0.5, 0.6) is 0 Å². The Morgan fingerprint density at radius 2 is 2.00 bits per heavy atom. The predicted molar refractivity (Wildman–Crippen MR) is 101 cm³/mol. The molecule has 2 aliphatic heterocycles.